The molecule has 1 aromatic carbocycles. The molecular formula is C11H11BrF3NS. The lowest BCUT2D eigenvalue weighted by Gasteiger charge is -2.29. The van der Waals surface area contributed by atoms with E-state index in [4.69, 9.17) is 0 Å². The van der Waals surface area contributed by atoms with Gasteiger partial charge < -0.3 is 4.90 Å². The summed E-state index contributed by atoms with van der Waals surface area (Å²) >= 11 is 5.15. The van der Waals surface area contributed by atoms with Gasteiger partial charge in [-0.1, -0.05) is 0 Å². The second kappa shape index (κ2) is 5.10. The lowest BCUT2D eigenvalue weighted by Crippen LogP contribution is -2.32. The molecule has 94 valence electrons. The van der Waals surface area contributed by atoms with Gasteiger partial charge in [-0.3, -0.25) is 0 Å². The fourth-order valence-corrected chi connectivity index (χ4v) is 3.14. The molecule has 0 bridgehead atoms. The van der Waals surface area contributed by atoms with Crippen molar-refractivity contribution < 1.29 is 13.2 Å². The zero-order chi connectivity index (χ0) is 12.5. The van der Waals surface area contributed by atoms with Crippen LogP contribution in [0.1, 0.15) is 5.56 Å². The highest BCUT2D eigenvalue weighted by atomic mass is 79.9. The molecule has 0 radical (unpaired) electrons. The number of hydrogen-bond donors (Lipinski definition) is 0. The minimum atomic E-state index is -4.28. The van der Waals surface area contributed by atoms with Crippen molar-refractivity contribution in [2.75, 3.05) is 29.5 Å². The normalized spacial score (nSPS) is 17.3. The molecule has 1 heterocycles. The average Bonchev–Trinajstić information content (AvgIpc) is 2.29. The van der Waals surface area contributed by atoms with Gasteiger partial charge in [-0.2, -0.15) is 24.9 Å². The molecule has 1 aliphatic rings. The number of benzene rings is 1. The minimum absolute atomic E-state index is 0.589. The molecule has 0 amide bonds. The van der Waals surface area contributed by atoms with Crippen molar-refractivity contribution in [2.24, 2.45) is 0 Å². The lowest BCUT2D eigenvalue weighted by atomic mass is 10.2. The van der Waals surface area contributed by atoms with E-state index in [-0.39, 0.29) is 0 Å². The van der Waals surface area contributed by atoms with Gasteiger partial charge in [0.2, 0.25) is 0 Å². The number of hydrogen-bond acceptors (Lipinski definition) is 2. The number of rotatable bonds is 1. The summed E-state index contributed by atoms with van der Waals surface area (Å²) in [5, 5.41) is 0. The van der Waals surface area contributed by atoms with Crippen LogP contribution in [0.2, 0.25) is 0 Å². The van der Waals surface area contributed by atoms with Crippen molar-refractivity contribution in [3.8, 4) is 0 Å². The molecule has 0 aromatic heterocycles. The minimum Gasteiger partial charge on any atom is -0.369 e. The smallest absolute Gasteiger partial charge is 0.369 e. The third kappa shape index (κ3) is 3.10. The first kappa shape index (κ1) is 13.1. The molecular weight excluding hydrogens is 315 g/mol. The van der Waals surface area contributed by atoms with Crippen LogP contribution >= 0.6 is 27.7 Å². The zero-order valence-corrected chi connectivity index (χ0v) is 11.3. The summed E-state index contributed by atoms with van der Waals surface area (Å²) in [4.78, 5) is 2.00. The molecule has 2 rings (SSSR count). The van der Waals surface area contributed by atoms with E-state index in [1.807, 2.05) is 16.7 Å². The third-order valence-electron chi connectivity index (χ3n) is 2.63. The molecule has 6 heteroatoms. The quantitative estimate of drug-likeness (QED) is 0.767. The van der Waals surface area contributed by atoms with Crippen LogP contribution in [-0.4, -0.2) is 24.6 Å². The predicted molar refractivity (Wildman–Crippen MR) is 68.7 cm³/mol. The van der Waals surface area contributed by atoms with Gasteiger partial charge in [0.25, 0.3) is 0 Å². The topological polar surface area (TPSA) is 3.24 Å². The van der Waals surface area contributed by atoms with Gasteiger partial charge in [-0.15, -0.1) is 0 Å². The van der Waals surface area contributed by atoms with Gasteiger partial charge >= 0.3 is 6.18 Å². The van der Waals surface area contributed by atoms with Crippen LogP contribution in [0.15, 0.2) is 22.7 Å². The second-order valence-electron chi connectivity index (χ2n) is 3.76. The average molecular weight is 326 g/mol. The van der Waals surface area contributed by atoms with Gasteiger partial charge in [-0.05, 0) is 34.1 Å². The molecule has 1 nitrogen and oxygen atoms in total. The fourth-order valence-electron chi connectivity index (χ4n) is 1.74. The van der Waals surface area contributed by atoms with Crippen molar-refractivity contribution in [3.63, 3.8) is 0 Å². The Morgan fingerprint density at radius 2 is 1.82 bits per heavy atom. The first-order valence-electron chi connectivity index (χ1n) is 5.18. The van der Waals surface area contributed by atoms with E-state index in [1.54, 1.807) is 0 Å². The number of thioether (sulfide) groups is 1. The van der Waals surface area contributed by atoms with Crippen molar-refractivity contribution in [1.82, 2.24) is 0 Å². The Morgan fingerprint density at radius 1 is 1.18 bits per heavy atom. The van der Waals surface area contributed by atoms with Crippen LogP contribution in [0.3, 0.4) is 0 Å². The van der Waals surface area contributed by atoms with Crippen LogP contribution in [0.25, 0.3) is 0 Å². The predicted octanol–water partition coefficient (Wildman–Crippen LogP) is 4.02. The molecule has 0 atom stereocenters. The van der Waals surface area contributed by atoms with E-state index in [2.05, 4.69) is 15.9 Å². The molecule has 0 unspecified atom stereocenters. The van der Waals surface area contributed by atoms with Gasteiger partial charge in [0.05, 0.1) is 11.3 Å². The summed E-state index contributed by atoms with van der Waals surface area (Å²) in [5.74, 6) is 1.92. The van der Waals surface area contributed by atoms with E-state index >= 15 is 0 Å². The van der Waals surface area contributed by atoms with Crippen LogP contribution < -0.4 is 4.90 Å². The van der Waals surface area contributed by atoms with Crippen LogP contribution in [-0.2, 0) is 6.18 Å². The van der Waals surface area contributed by atoms with Gasteiger partial charge in [0.15, 0.2) is 0 Å². The largest absolute Gasteiger partial charge is 0.416 e. The number of alkyl halides is 3. The Balaban J connectivity index is 2.31. The monoisotopic (exact) mass is 325 g/mol. The Kier molecular flexibility index (Phi) is 3.92. The van der Waals surface area contributed by atoms with Crippen molar-refractivity contribution >= 4 is 33.4 Å². The van der Waals surface area contributed by atoms with Crippen LogP contribution in [0.5, 0.6) is 0 Å². The number of anilines is 1. The molecule has 0 aliphatic carbocycles. The summed E-state index contributed by atoms with van der Waals surface area (Å²) in [6.07, 6.45) is -4.28. The Hall–Kier alpha value is -0.360. The van der Waals surface area contributed by atoms with Crippen molar-refractivity contribution in [3.05, 3.63) is 28.2 Å². The van der Waals surface area contributed by atoms with Gasteiger partial charge in [0.1, 0.15) is 0 Å². The van der Waals surface area contributed by atoms with E-state index in [1.165, 1.54) is 12.1 Å². The molecule has 0 spiro atoms. The fraction of sp³-hybridized carbons (Fsp3) is 0.455. The van der Waals surface area contributed by atoms with Crippen molar-refractivity contribution in [2.45, 2.75) is 6.18 Å². The summed E-state index contributed by atoms with van der Waals surface area (Å²) in [7, 11) is 0. The molecule has 0 saturated carbocycles. The molecule has 1 aromatic rings. The highest BCUT2D eigenvalue weighted by Gasteiger charge is 2.31. The summed E-state index contributed by atoms with van der Waals surface area (Å²) in [5.41, 5.74) is 0.0500. The van der Waals surface area contributed by atoms with E-state index < -0.39 is 11.7 Å². The summed E-state index contributed by atoms with van der Waals surface area (Å²) in [6, 6.07) is 3.80. The number of halogens is 4. The zero-order valence-electron chi connectivity index (χ0n) is 8.93. The Labute approximate surface area is 110 Å². The van der Waals surface area contributed by atoms with Crippen molar-refractivity contribution in [1.29, 1.82) is 0 Å². The summed E-state index contributed by atoms with van der Waals surface area (Å²) < 4.78 is 38.6. The Bertz CT molecular complexity index is 402. The second-order valence-corrected chi connectivity index (χ2v) is 5.84. The van der Waals surface area contributed by atoms with E-state index in [9.17, 15) is 13.2 Å². The number of nitrogens with zero attached hydrogens (tertiary/aromatic N) is 1. The maximum Gasteiger partial charge on any atom is 0.416 e. The Morgan fingerprint density at radius 3 is 2.41 bits per heavy atom. The first-order valence-corrected chi connectivity index (χ1v) is 7.13. The SMILES string of the molecule is FC(F)(F)c1ccc(Br)c(N2CCSCC2)c1. The standard InChI is InChI=1S/C11H11BrF3NS/c12-9-2-1-8(11(13,14)15)7-10(9)16-3-5-17-6-4-16/h1-2,7H,3-6H2. The van der Waals surface area contributed by atoms with E-state index in [0.717, 1.165) is 35.1 Å². The van der Waals surface area contributed by atoms with E-state index in [0.29, 0.717) is 5.69 Å². The van der Waals surface area contributed by atoms with Crippen LogP contribution in [0, 0.1) is 0 Å². The molecule has 1 saturated heterocycles. The van der Waals surface area contributed by atoms with Gasteiger partial charge in [0, 0.05) is 29.1 Å². The maximum absolute atomic E-state index is 12.6. The molecule has 17 heavy (non-hydrogen) atoms. The molecule has 1 fully saturated rings. The van der Waals surface area contributed by atoms with Gasteiger partial charge in [-0.25, -0.2) is 0 Å². The summed E-state index contributed by atoms with van der Waals surface area (Å²) in [6.45, 7) is 1.59. The third-order valence-corrected chi connectivity index (χ3v) is 4.24. The van der Waals surface area contributed by atoms with Crippen LogP contribution in [0.4, 0.5) is 18.9 Å². The highest BCUT2D eigenvalue weighted by Crippen LogP contribution is 2.36. The maximum atomic E-state index is 12.6. The molecule has 0 N–H and O–H groups in total. The first-order chi connectivity index (χ1) is 7.98. The highest BCUT2D eigenvalue weighted by molar-refractivity contribution is 9.10. The lowest BCUT2D eigenvalue weighted by molar-refractivity contribution is -0.137. The molecule has 1 aliphatic heterocycles.